The molecule has 1 unspecified atom stereocenters. The fourth-order valence-corrected chi connectivity index (χ4v) is 6.17. The summed E-state index contributed by atoms with van der Waals surface area (Å²) < 4.78 is 26.3. The lowest BCUT2D eigenvalue weighted by Gasteiger charge is -2.38. The van der Waals surface area contributed by atoms with Gasteiger partial charge in [-0.25, -0.2) is 8.42 Å². The van der Waals surface area contributed by atoms with E-state index in [2.05, 4.69) is 20.3 Å². The van der Waals surface area contributed by atoms with Crippen LogP contribution in [0.25, 0.3) is 0 Å². The van der Waals surface area contributed by atoms with Gasteiger partial charge in [0.25, 0.3) is 0 Å². The number of sulfonamides is 1. The lowest BCUT2D eigenvalue weighted by molar-refractivity contribution is -0.137. The van der Waals surface area contributed by atoms with Gasteiger partial charge in [0.05, 0.1) is 17.6 Å². The molecule has 1 saturated heterocycles. The van der Waals surface area contributed by atoms with Gasteiger partial charge in [0.1, 0.15) is 12.1 Å². The van der Waals surface area contributed by atoms with Gasteiger partial charge >= 0.3 is 0 Å². The highest BCUT2D eigenvalue weighted by atomic mass is 35.5. The number of para-hydroxylation sites is 2. The predicted molar refractivity (Wildman–Crippen MR) is 162 cm³/mol. The van der Waals surface area contributed by atoms with E-state index in [1.165, 1.54) is 0 Å². The first kappa shape index (κ1) is 28.9. The summed E-state index contributed by atoms with van der Waals surface area (Å²) in [5.41, 5.74) is 4.23. The number of piperazine rings is 1. The summed E-state index contributed by atoms with van der Waals surface area (Å²) in [6.07, 6.45) is 2.30. The first-order valence-electron chi connectivity index (χ1n) is 13.6. The molecule has 2 aliphatic heterocycles. The Morgan fingerprint density at radius 1 is 0.976 bits per heavy atom. The van der Waals surface area contributed by atoms with Gasteiger partial charge in [0, 0.05) is 44.2 Å². The summed E-state index contributed by atoms with van der Waals surface area (Å²) in [6.45, 7) is 2.59. The highest BCUT2D eigenvalue weighted by Gasteiger charge is 2.33. The Morgan fingerprint density at radius 3 is 2.39 bits per heavy atom. The van der Waals surface area contributed by atoms with Crippen molar-refractivity contribution in [1.82, 2.24) is 15.5 Å². The maximum absolute atomic E-state index is 13.9. The number of halogens is 1. The van der Waals surface area contributed by atoms with E-state index in [0.717, 1.165) is 35.1 Å². The van der Waals surface area contributed by atoms with Gasteiger partial charge in [0.2, 0.25) is 21.8 Å². The van der Waals surface area contributed by atoms with Crippen molar-refractivity contribution in [3.63, 3.8) is 0 Å². The summed E-state index contributed by atoms with van der Waals surface area (Å²) in [5.74, 6) is -0.386. The first-order valence-corrected chi connectivity index (χ1v) is 15.9. The van der Waals surface area contributed by atoms with Gasteiger partial charge in [-0.2, -0.15) is 0 Å². The minimum absolute atomic E-state index is 0.153. The first-order chi connectivity index (χ1) is 19.7. The number of rotatable bonds is 8. The number of nitrogens with one attached hydrogen (secondary N) is 3. The molecule has 0 saturated carbocycles. The maximum atomic E-state index is 13.9. The molecule has 11 heteroatoms. The molecule has 1 fully saturated rings. The third-order valence-electron chi connectivity index (χ3n) is 7.47. The van der Waals surface area contributed by atoms with Crippen LogP contribution in [0.3, 0.4) is 0 Å². The second-order valence-electron chi connectivity index (χ2n) is 10.4. The largest absolute Gasteiger partial charge is 0.366 e. The molecule has 2 amide bonds. The predicted octanol–water partition coefficient (Wildman–Crippen LogP) is 2.97. The van der Waals surface area contributed by atoms with Crippen LogP contribution in [-0.4, -0.2) is 70.2 Å². The number of nitrogens with zero attached hydrogens (tertiary/aromatic N) is 2. The van der Waals surface area contributed by atoms with E-state index >= 15 is 0 Å². The van der Waals surface area contributed by atoms with E-state index in [1.54, 1.807) is 29.2 Å². The molecule has 5 rings (SSSR count). The summed E-state index contributed by atoms with van der Waals surface area (Å²) >= 11 is 6.08. The second-order valence-corrected chi connectivity index (χ2v) is 12.6. The van der Waals surface area contributed by atoms with Crippen molar-refractivity contribution in [2.75, 3.05) is 48.6 Å². The van der Waals surface area contributed by atoms with Crippen molar-refractivity contribution >= 4 is 44.8 Å². The van der Waals surface area contributed by atoms with Crippen molar-refractivity contribution in [3.8, 4) is 0 Å². The minimum atomic E-state index is -3.44. The monoisotopic (exact) mass is 595 g/mol. The van der Waals surface area contributed by atoms with Crippen LogP contribution in [0.4, 0.5) is 11.4 Å². The van der Waals surface area contributed by atoms with Crippen molar-refractivity contribution < 1.29 is 18.0 Å². The molecule has 3 aromatic rings. The van der Waals surface area contributed by atoms with Gasteiger partial charge in [-0.05, 0) is 47.4 Å². The Balaban J connectivity index is 1.31. The van der Waals surface area contributed by atoms with Crippen molar-refractivity contribution in [2.45, 2.75) is 24.9 Å². The van der Waals surface area contributed by atoms with Crippen LogP contribution < -0.4 is 20.3 Å². The number of fused-ring (bicyclic) bond motifs is 1. The third-order valence-corrected chi connectivity index (χ3v) is 8.31. The average molecular weight is 596 g/mol. The van der Waals surface area contributed by atoms with E-state index in [1.807, 2.05) is 48.5 Å². The van der Waals surface area contributed by atoms with Gasteiger partial charge in [-0.3, -0.25) is 14.3 Å². The van der Waals surface area contributed by atoms with Crippen LogP contribution in [0.1, 0.15) is 22.7 Å². The Labute approximate surface area is 245 Å². The summed E-state index contributed by atoms with van der Waals surface area (Å²) in [4.78, 5) is 31.3. The van der Waals surface area contributed by atoms with Crippen LogP contribution in [0, 0.1) is 0 Å². The molecule has 0 spiro atoms. The molecule has 0 aromatic heterocycles. The Kier molecular flexibility index (Phi) is 8.82. The van der Waals surface area contributed by atoms with Gasteiger partial charge < -0.3 is 20.4 Å². The van der Waals surface area contributed by atoms with Crippen molar-refractivity contribution in [3.05, 3.63) is 94.5 Å². The maximum Gasteiger partial charge on any atom is 0.245 e. The summed E-state index contributed by atoms with van der Waals surface area (Å²) in [5, 5.41) is 6.96. The molecule has 3 aromatic carbocycles. The van der Waals surface area contributed by atoms with Crippen LogP contribution in [-0.2, 0) is 32.5 Å². The van der Waals surface area contributed by atoms with E-state index in [0.29, 0.717) is 49.9 Å². The number of hydrogen-bond acceptors (Lipinski definition) is 6. The Hall–Kier alpha value is -3.60. The smallest absolute Gasteiger partial charge is 0.245 e. The van der Waals surface area contributed by atoms with E-state index < -0.39 is 22.1 Å². The lowest BCUT2D eigenvalue weighted by atomic mass is 9.93. The number of carbonyl (C=O) groups is 2. The zero-order valence-corrected chi connectivity index (χ0v) is 24.4. The molecule has 0 bridgehead atoms. The fourth-order valence-electron chi connectivity index (χ4n) is 5.47. The number of anilines is 2. The number of hydrogen-bond donors (Lipinski definition) is 3. The molecule has 41 heavy (non-hydrogen) atoms. The van der Waals surface area contributed by atoms with Crippen LogP contribution >= 0.6 is 11.6 Å². The molecule has 0 radical (unpaired) electrons. The Bertz CT molecular complexity index is 1510. The molecular weight excluding hydrogens is 562 g/mol. The molecule has 3 N–H and O–H groups in total. The highest BCUT2D eigenvalue weighted by molar-refractivity contribution is 7.92. The molecule has 0 aliphatic carbocycles. The normalized spacial score (nSPS) is 17.9. The lowest BCUT2D eigenvalue weighted by Crippen LogP contribution is -2.57. The number of carbonyl (C=O) groups excluding carboxylic acids is 2. The third kappa shape index (κ3) is 7.19. The standard InChI is InChI=1S/C30H34ClN5O4S/c1-41(39,40)34-25-8-4-5-9-27(25)35-16-18-36(19-17-35)30(38)26(20-21-10-12-23(31)13-11-21)33-29(37)28-24-7-3-2-6-22(24)14-15-32-28/h2-13,26,28,32,34H,14-20H2,1H3,(H,33,37)/t26-,28?/m1/s1. The van der Waals surface area contributed by atoms with E-state index in [9.17, 15) is 18.0 Å². The molecular formula is C30H34ClN5O4S. The van der Waals surface area contributed by atoms with Crippen molar-refractivity contribution in [1.29, 1.82) is 0 Å². The highest BCUT2D eigenvalue weighted by Crippen LogP contribution is 2.28. The van der Waals surface area contributed by atoms with Crippen LogP contribution in [0.2, 0.25) is 5.02 Å². The van der Waals surface area contributed by atoms with E-state index in [-0.39, 0.29) is 11.8 Å². The van der Waals surface area contributed by atoms with Gasteiger partial charge in [0.15, 0.2) is 0 Å². The molecule has 2 aliphatic rings. The topological polar surface area (TPSA) is 111 Å². The quantitative estimate of drug-likeness (QED) is 0.369. The van der Waals surface area contributed by atoms with Crippen molar-refractivity contribution in [2.24, 2.45) is 0 Å². The van der Waals surface area contributed by atoms with Gasteiger partial charge in [-0.1, -0.05) is 60.1 Å². The van der Waals surface area contributed by atoms with Crippen LogP contribution in [0.15, 0.2) is 72.8 Å². The molecule has 216 valence electrons. The molecule has 2 atom stereocenters. The summed E-state index contributed by atoms with van der Waals surface area (Å²) in [7, 11) is -3.44. The van der Waals surface area contributed by atoms with Gasteiger partial charge in [-0.15, -0.1) is 0 Å². The average Bonchev–Trinajstić information content (AvgIpc) is 2.97. The molecule has 2 heterocycles. The Morgan fingerprint density at radius 2 is 1.66 bits per heavy atom. The summed E-state index contributed by atoms with van der Waals surface area (Å²) in [6, 6.07) is 21.1. The fraction of sp³-hybridized carbons (Fsp3) is 0.333. The number of amides is 2. The molecule has 9 nitrogen and oxygen atoms in total. The second kappa shape index (κ2) is 12.5. The van der Waals surface area contributed by atoms with E-state index in [4.69, 9.17) is 11.6 Å². The SMILES string of the molecule is CS(=O)(=O)Nc1ccccc1N1CCN(C(=O)[C@@H](Cc2ccc(Cl)cc2)NC(=O)C2NCCc3ccccc32)CC1. The van der Waals surface area contributed by atoms with Crippen LogP contribution in [0.5, 0.6) is 0 Å². The number of benzene rings is 3. The zero-order valence-electron chi connectivity index (χ0n) is 22.8. The zero-order chi connectivity index (χ0) is 29.0. The minimum Gasteiger partial charge on any atom is -0.366 e.